The number of aromatic nitrogens is 1. The van der Waals surface area contributed by atoms with E-state index in [1.807, 2.05) is 60.7 Å². The van der Waals surface area contributed by atoms with E-state index in [4.69, 9.17) is 5.73 Å². The number of nitrogen functional groups attached to an aromatic ring is 1. The second-order valence-electron chi connectivity index (χ2n) is 5.57. The number of nitrogens with zero attached hydrogens (tertiary/aromatic N) is 2. The molecule has 3 rings (SSSR count). The zero-order valence-electron chi connectivity index (χ0n) is 13.3. The van der Waals surface area contributed by atoms with Crippen molar-refractivity contribution in [1.29, 1.82) is 0 Å². The molecule has 3 aromatic rings. The number of nitrogens with two attached hydrogens (primary N) is 1. The minimum absolute atomic E-state index is 0.166. The predicted molar refractivity (Wildman–Crippen MR) is 95.1 cm³/mol. The first-order valence-electron chi connectivity index (χ1n) is 7.81. The van der Waals surface area contributed by atoms with Crippen molar-refractivity contribution in [2.24, 2.45) is 0 Å². The van der Waals surface area contributed by atoms with Gasteiger partial charge in [-0.15, -0.1) is 0 Å². The van der Waals surface area contributed by atoms with Crippen molar-refractivity contribution in [3.05, 3.63) is 95.8 Å². The molecule has 4 heteroatoms. The lowest BCUT2D eigenvalue weighted by molar-refractivity contribution is 0.0725. The molecule has 1 heterocycles. The van der Waals surface area contributed by atoms with Gasteiger partial charge in [-0.3, -0.25) is 4.79 Å². The molecule has 0 aliphatic carbocycles. The van der Waals surface area contributed by atoms with E-state index in [1.165, 1.54) is 0 Å². The van der Waals surface area contributed by atoms with Crippen LogP contribution in [-0.4, -0.2) is 15.8 Å². The van der Waals surface area contributed by atoms with E-state index in [9.17, 15) is 4.79 Å². The Morgan fingerprint density at radius 3 is 1.88 bits per heavy atom. The molecule has 0 aliphatic rings. The van der Waals surface area contributed by atoms with Gasteiger partial charge >= 0.3 is 0 Å². The van der Waals surface area contributed by atoms with Crippen LogP contribution in [0.4, 0.5) is 5.69 Å². The van der Waals surface area contributed by atoms with Gasteiger partial charge in [0.15, 0.2) is 5.69 Å². The molecule has 0 fully saturated rings. The summed E-state index contributed by atoms with van der Waals surface area (Å²) in [5, 5.41) is 0. The molecule has 0 atom stereocenters. The van der Waals surface area contributed by atoms with Crippen molar-refractivity contribution in [1.82, 2.24) is 9.88 Å². The Morgan fingerprint density at radius 1 is 0.833 bits per heavy atom. The summed E-state index contributed by atoms with van der Waals surface area (Å²) in [5.41, 5.74) is 8.76. The van der Waals surface area contributed by atoms with Crippen LogP contribution in [0.2, 0.25) is 0 Å². The average molecular weight is 317 g/mol. The first-order chi connectivity index (χ1) is 11.7. The topological polar surface area (TPSA) is 59.2 Å². The fraction of sp³-hybridized carbons (Fsp3) is 0.100. The van der Waals surface area contributed by atoms with Gasteiger partial charge in [0.25, 0.3) is 5.91 Å². The molecule has 2 N–H and O–H groups in total. The lowest BCUT2D eigenvalue weighted by atomic mass is 10.1. The molecule has 1 aromatic heterocycles. The Balaban J connectivity index is 1.89. The molecule has 1 amide bonds. The van der Waals surface area contributed by atoms with Crippen LogP contribution in [-0.2, 0) is 13.1 Å². The molecule has 4 nitrogen and oxygen atoms in total. The Kier molecular flexibility index (Phi) is 4.87. The van der Waals surface area contributed by atoms with Gasteiger partial charge < -0.3 is 10.6 Å². The summed E-state index contributed by atoms with van der Waals surface area (Å²) in [4.78, 5) is 18.9. The molecule has 0 saturated heterocycles. The molecule has 0 saturated carbocycles. The molecule has 24 heavy (non-hydrogen) atoms. The van der Waals surface area contributed by atoms with Gasteiger partial charge in [0, 0.05) is 19.3 Å². The predicted octanol–water partition coefficient (Wildman–Crippen LogP) is 3.51. The highest BCUT2D eigenvalue weighted by Gasteiger charge is 2.20. The minimum Gasteiger partial charge on any atom is -0.397 e. The smallest absolute Gasteiger partial charge is 0.275 e. The first kappa shape index (κ1) is 15.7. The second kappa shape index (κ2) is 7.42. The number of hydrogen-bond donors (Lipinski definition) is 1. The number of rotatable bonds is 5. The van der Waals surface area contributed by atoms with Crippen LogP contribution in [0.3, 0.4) is 0 Å². The molecule has 0 aliphatic heterocycles. The molecule has 2 aromatic carbocycles. The molecule has 0 bridgehead atoms. The summed E-state index contributed by atoms with van der Waals surface area (Å²) in [5.74, 6) is -0.166. The Morgan fingerprint density at radius 2 is 1.38 bits per heavy atom. The highest BCUT2D eigenvalue weighted by Crippen LogP contribution is 2.16. The summed E-state index contributed by atoms with van der Waals surface area (Å²) in [6.07, 6.45) is 1.59. The summed E-state index contributed by atoms with van der Waals surface area (Å²) in [6, 6.07) is 23.2. The second-order valence-corrected chi connectivity index (χ2v) is 5.57. The monoisotopic (exact) mass is 317 g/mol. The third kappa shape index (κ3) is 3.79. The van der Waals surface area contributed by atoms with Gasteiger partial charge in [-0.05, 0) is 23.3 Å². The Bertz CT molecular complexity index is 762. The molecular formula is C20H19N3O. The van der Waals surface area contributed by atoms with Gasteiger partial charge in [-0.25, -0.2) is 4.98 Å². The summed E-state index contributed by atoms with van der Waals surface area (Å²) in [7, 11) is 0. The van der Waals surface area contributed by atoms with Crippen molar-refractivity contribution in [3.63, 3.8) is 0 Å². The molecule has 0 unspecified atom stereocenters. The lowest BCUT2D eigenvalue weighted by Gasteiger charge is -2.23. The third-order valence-electron chi connectivity index (χ3n) is 3.76. The fourth-order valence-corrected chi connectivity index (χ4v) is 2.55. The number of hydrogen-bond acceptors (Lipinski definition) is 3. The van der Waals surface area contributed by atoms with E-state index in [1.54, 1.807) is 23.2 Å². The molecule has 0 radical (unpaired) electrons. The molecule has 0 spiro atoms. The van der Waals surface area contributed by atoms with Crippen molar-refractivity contribution >= 4 is 11.6 Å². The van der Waals surface area contributed by atoms with Crippen molar-refractivity contribution < 1.29 is 4.79 Å². The van der Waals surface area contributed by atoms with Crippen molar-refractivity contribution in [2.45, 2.75) is 13.1 Å². The van der Waals surface area contributed by atoms with Gasteiger partial charge in [-0.2, -0.15) is 0 Å². The van der Waals surface area contributed by atoms with Crippen LogP contribution in [0.5, 0.6) is 0 Å². The van der Waals surface area contributed by atoms with Crippen LogP contribution >= 0.6 is 0 Å². The normalized spacial score (nSPS) is 10.3. The minimum atomic E-state index is -0.166. The number of benzene rings is 2. The Labute approximate surface area is 141 Å². The zero-order chi connectivity index (χ0) is 16.8. The highest BCUT2D eigenvalue weighted by molar-refractivity contribution is 5.97. The van der Waals surface area contributed by atoms with E-state index in [0.717, 1.165) is 11.1 Å². The van der Waals surface area contributed by atoms with E-state index >= 15 is 0 Å². The Hall–Kier alpha value is -3.14. The van der Waals surface area contributed by atoms with Gasteiger partial charge in [-0.1, -0.05) is 60.7 Å². The summed E-state index contributed by atoms with van der Waals surface area (Å²) < 4.78 is 0. The van der Waals surface area contributed by atoms with Crippen LogP contribution in [0.15, 0.2) is 79.0 Å². The fourth-order valence-electron chi connectivity index (χ4n) is 2.55. The SMILES string of the molecule is Nc1cccnc1C(=O)N(Cc1ccccc1)Cc1ccccc1. The number of pyridine rings is 1. The van der Waals surface area contributed by atoms with Crippen molar-refractivity contribution in [3.8, 4) is 0 Å². The van der Waals surface area contributed by atoms with E-state index < -0.39 is 0 Å². The van der Waals surface area contributed by atoms with Gasteiger partial charge in [0.2, 0.25) is 0 Å². The third-order valence-corrected chi connectivity index (χ3v) is 3.76. The number of amides is 1. The van der Waals surface area contributed by atoms with Crippen LogP contribution < -0.4 is 5.73 Å². The van der Waals surface area contributed by atoms with Gasteiger partial charge in [0.05, 0.1) is 5.69 Å². The van der Waals surface area contributed by atoms with E-state index in [-0.39, 0.29) is 5.91 Å². The standard InChI is InChI=1S/C20H19N3O/c21-18-12-7-13-22-19(18)20(24)23(14-16-8-3-1-4-9-16)15-17-10-5-2-6-11-17/h1-13H,14-15,21H2. The van der Waals surface area contributed by atoms with Crippen molar-refractivity contribution in [2.75, 3.05) is 5.73 Å². The van der Waals surface area contributed by atoms with Gasteiger partial charge in [0.1, 0.15) is 0 Å². The molecular weight excluding hydrogens is 298 g/mol. The maximum Gasteiger partial charge on any atom is 0.275 e. The number of anilines is 1. The zero-order valence-corrected chi connectivity index (χ0v) is 13.3. The molecule has 120 valence electrons. The lowest BCUT2D eigenvalue weighted by Crippen LogP contribution is -2.31. The number of carbonyl (C=O) groups is 1. The van der Waals surface area contributed by atoms with Crippen LogP contribution in [0, 0.1) is 0 Å². The summed E-state index contributed by atoms with van der Waals surface area (Å²) >= 11 is 0. The van der Waals surface area contributed by atoms with Crippen LogP contribution in [0.1, 0.15) is 21.6 Å². The average Bonchev–Trinajstić information content (AvgIpc) is 2.63. The van der Waals surface area contributed by atoms with Crippen LogP contribution in [0.25, 0.3) is 0 Å². The number of carbonyl (C=O) groups excluding carboxylic acids is 1. The van der Waals surface area contributed by atoms with E-state index in [2.05, 4.69) is 4.98 Å². The maximum absolute atomic E-state index is 13.0. The largest absolute Gasteiger partial charge is 0.397 e. The highest BCUT2D eigenvalue weighted by atomic mass is 16.2. The maximum atomic E-state index is 13.0. The summed E-state index contributed by atoms with van der Waals surface area (Å²) in [6.45, 7) is 1.01. The first-order valence-corrected chi connectivity index (χ1v) is 7.81. The quantitative estimate of drug-likeness (QED) is 0.783. The van der Waals surface area contributed by atoms with E-state index in [0.29, 0.717) is 24.5 Å².